The van der Waals surface area contributed by atoms with E-state index < -0.39 is 21.8 Å². The SMILES string of the molecule is CCS(=O)(=O)CCNC(=O)C(N)c1cnn(C)c1. The summed E-state index contributed by atoms with van der Waals surface area (Å²) in [6.07, 6.45) is 3.15. The van der Waals surface area contributed by atoms with Crippen molar-refractivity contribution >= 4 is 15.7 Å². The molecule has 0 aliphatic rings. The van der Waals surface area contributed by atoms with Crippen LogP contribution in [0.3, 0.4) is 0 Å². The first kappa shape index (κ1) is 14.7. The van der Waals surface area contributed by atoms with Gasteiger partial charge in [-0.1, -0.05) is 6.92 Å². The van der Waals surface area contributed by atoms with Crippen LogP contribution in [0, 0.1) is 0 Å². The minimum atomic E-state index is -3.07. The number of carbonyl (C=O) groups is 1. The van der Waals surface area contributed by atoms with Crippen LogP contribution in [0.2, 0.25) is 0 Å². The molecule has 1 amide bonds. The maximum atomic E-state index is 11.7. The first-order valence-corrected chi connectivity index (χ1v) is 7.40. The minimum Gasteiger partial charge on any atom is -0.353 e. The highest BCUT2D eigenvalue weighted by atomic mass is 32.2. The normalized spacial score (nSPS) is 13.3. The van der Waals surface area contributed by atoms with Crippen LogP contribution in [0.15, 0.2) is 12.4 Å². The van der Waals surface area contributed by atoms with E-state index in [1.54, 1.807) is 24.9 Å². The van der Waals surface area contributed by atoms with Crippen LogP contribution in [0.4, 0.5) is 0 Å². The topological polar surface area (TPSA) is 107 Å². The van der Waals surface area contributed by atoms with Crippen LogP contribution in [0.1, 0.15) is 18.5 Å². The Morgan fingerprint density at radius 3 is 2.78 bits per heavy atom. The second kappa shape index (κ2) is 5.96. The fourth-order valence-electron chi connectivity index (χ4n) is 1.34. The number of amides is 1. The number of nitrogens with zero attached hydrogens (tertiary/aromatic N) is 2. The molecular weight excluding hydrogens is 256 g/mol. The molecule has 1 rings (SSSR count). The van der Waals surface area contributed by atoms with E-state index in [0.29, 0.717) is 5.56 Å². The van der Waals surface area contributed by atoms with Gasteiger partial charge in [-0.2, -0.15) is 5.10 Å². The zero-order valence-electron chi connectivity index (χ0n) is 10.5. The number of nitrogens with one attached hydrogen (secondary N) is 1. The third-order valence-electron chi connectivity index (χ3n) is 2.52. The van der Waals surface area contributed by atoms with Crippen molar-refractivity contribution in [2.24, 2.45) is 12.8 Å². The molecule has 0 spiro atoms. The predicted octanol–water partition coefficient (Wildman–Crippen LogP) is -1.03. The second-order valence-electron chi connectivity index (χ2n) is 3.95. The Kier molecular flexibility index (Phi) is 4.85. The molecule has 0 saturated heterocycles. The van der Waals surface area contributed by atoms with E-state index in [1.807, 2.05) is 0 Å². The molecular formula is C10H18N4O3S. The van der Waals surface area contributed by atoms with Gasteiger partial charge in [0.15, 0.2) is 9.84 Å². The van der Waals surface area contributed by atoms with Gasteiger partial charge in [-0.05, 0) is 0 Å². The van der Waals surface area contributed by atoms with Crippen LogP contribution in [-0.4, -0.2) is 42.2 Å². The highest BCUT2D eigenvalue weighted by Crippen LogP contribution is 2.07. The average molecular weight is 274 g/mol. The highest BCUT2D eigenvalue weighted by molar-refractivity contribution is 7.91. The van der Waals surface area contributed by atoms with E-state index in [0.717, 1.165) is 0 Å². The molecule has 1 unspecified atom stereocenters. The third kappa shape index (κ3) is 4.11. The van der Waals surface area contributed by atoms with E-state index in [2.05, 4.69) is 10.4 Å². The summed E-state index contributed by atoms with van der Waals surface area (Å²) in [5.74, 6) is -0.415. The van der Waals surface area contributed by atoms with Crippen molar-refractivity contribution in [2.45, 2.75) is 13.0 Å². The lowest BCUT2D eigenvalue weighted by molar-refractivity contribution is -0.122. The number of aryl methyl sites for hydroxylation is 1. The molecule has 8 heteroatoms. The van der Waals surface area contributed by atoms with Crippen molar-refractivity contribution in [1.82, 2.24) is 15.1 Å². The van der Waals surface area contributed by atoms with Gasteiger partial charge in [-0.15, -0.1) is 0 Å². The van der Waals surface area contributed by atoms with Crippen LogP contribution < -0.4 is 11.1 Å². The first-order chi connectivity index (χ1) is 8.35. The summed E-state index contributed by atoms with van der Waals surface area (Å²) in [5.41, 5.74) is 6.31. The van der Waals surface area contributed by atoms with Crippen molar-refractivity contribution in [3.63, 3.8) is 0 Å². The van der Waals surface area contributed by atoms with Gasteiger partial charge in [-0.3, -0.25) is 9.48 Å². The molecule has 0 aromatic carbocycles. The fraction of sp³-hybridized carbons (Fsp3) is 0.600. The van der Waals surface area contributed by atoms with Crippen LogP contribution in [0.5, 0.6) is 0 Å². The Balaban J connectivity index is 2.47. The molecule has 7 nitrogen and oxygen atoms in total. The van der Waals surface area contributed by atoms with Gasteiger partial charge in [0, 0.05) is 31.1 Å². The predicted molar refractivity (Wildman–Crippen MR) is 67.5 cm³/mol. The number of hydrogen-bond donors (Lipinski definition) is 2. The molecule has 1 atom stereocenters. The van der Waals surface area contributed by atoms with Gasteiger partial charge < -0.3 is 11.1 Å². The molecule has 0 aliphatic carbocycles. The van der Waals surface area contributed by atoms with Crippen molar-refractivity contribution in [1.29, 1.82) is 0 Å². The lowest BCUT2D eigenvalue weighted by Crippen LogP contribution is -2.36. The number of rotatable bonds is 6. The number of carbonyl (C=O) groups excluding carboxylic acids is 1. The van der Waals surface area contributed by atoms with E-state index in [1.165, 1.54) is 6.20 Å². The van der Waals surface area contributed by atoms with Gasteiger partial charge in [0.05, 0.1) is 11.9 Å². The van der Waals surface area contributed by atoms with E-state index in [-0.39, 0.29) is 18.1 Å². The lowest BCUT2D eigenvalue weighted by atomic mass is 10.1. The summed E-state index contributed by atoms with van der Waals surface area (Å²) in [7, 11) is -1.35. The number of aromatic nitrogens is 2. The Bertz CT molecular complexity index is 509. The largest absolute Gasteiger partial charge is 0.353 e. The summed E-state index contributed by atoms with van der Waals surface area (Å²) < 4.78 is 24.0. The summed E-state index contributed by atoms with van der Waals surface area (Å²) >= 11 is 0. The smallest absolute Gasteiger partial charge is 0.241 e. The molecule has 0 bridgehead atoms. The van der Waals surface area contributed by atoms with Gasteiger partial charge in [0.25, 0.3) is 0 Å². The van der Waals surface area contributed by atoms with Gasteiger partial charge in [0.2, 0.25) is 5.91 Å². The van der Waals surface area contributed by atoms with E-state index >= 15 is 0 Å². The van der Waals surface area contributed by atoms with Crippen molar-refractivity contribution in [2.75, 3.05) is 18.1 Å². The van der Waals surface area contributed by atoms with Crippen LogP contribution in [0.25, 0.3) is 0 Å². The second-order valence-corrected chi connectivity index (χ2v) is 6.43. The Morgan fingerprint density at radius 2 is 2.28 bits per heavy atom. The standard InChI is InChI=1S/C10H18N4O3S/c1-3-18(16,17)5-4-12-10(15)9(11)8-6-13-14(2)7-8/h6-7,9H,3-5,11H2,1-2H3,(H,12,15). The van der Waals surface area contributed by atoms with Crippen molar-refractivity contribution < 1.29 is 13.2 Å². The quantitative estimate of drug-likeness (QED) is 0.690. The Morgan fingerprint density at radius 1 is 1.61 bits per heavy atom. The number of sulfone groups is 1. The molecule has 1 aromatic rings. The summed E-state index contributed by atoms with van der Waals surface area (Å²) in [4.78, 5) is 11.7. The van der Waals surface area contributed by atoms with E-state index in [9.17, 15) is 13.2 Å². The monoisotopic (exact) mass is 274 g/mol. The Hall–Kier alpha value is -1.41. The maximum absolute atomic E-state index is 11.7. The lowest BCUT2D eigenvalue weighted by Gasteiger charge is -2.10. The maximum Gasteiger partial charge on any atom is 0.241 e. The molecule has 1 aromatic heterocycles. The molecule has 1 heterocycles. The zero-order valence-corrected chi connectivity index (χ0v) is 11.3. The minimum absolute atomic E-state index is 0.0670. The van der Waals surface area contributed by atoms with Crippen molar-refractivity contribution in [3.05, 3.63) is 18.0 Å². The Labute approximate surface area is 106 Å². The molecule has 0 saturated carbocycles. The molecule has 18 heavy (non-hydrogen) atoms. The number of hydrogen-bond acceptors (Lipinski definition) is 5. The first-order valence-electron chi connectivity index (χ1n) is 5.58. The molecule has 0 aliphatic heterocycles. The summed E-state index contributed by atoms with van der Waals surface area (Å²) in [5, 5.41) is 6.41. The summed E-state index contributed by atoms with van der Waals surface area (Å²) in [6.45, 7) is 1.64. The fourth-order valence-corrected chi connectivity index (χ4v) is 2.04. The van der Waals surface area contributed by atoms with Gasteiger partial charge >= 0.3 is 0 Å². The average Bonchev–Trinajstić information content (AvgIpc) is 2.74. The van der Waals surface area contributed by atoms with Crippen molar-refractivity contribution in [3.8, 4) is 0 Å². The van der Waals surface area contributed by atoms with Gasteiger partial charge in [-0.25, -0.2) is 8.42 Å². The zero-order chi connectivity index (χ0) is 13.8. The van der Waals surface area contributed by atoms with Crippen LogP contribution >= 0.6 is 0 Å². The molecule has 0 fully saturated rings. The molecule has 3 N–H and O–H groups in total. The summed E-state index contributed by atoms with van der Waals surface area (Å²) in [6, 6.07) is -0.831. The number of nitrogens with two attached hydrogens (primary N) is 1. The van der Waals surface area contributed by atoms with E-state index in [4.69, 9.17) is 5.73 Å². The van der Waals surface area contributed by atoms with Crippen LogP contribution in [-0.2, 0) is 21.7 Å². The third-order valence-corrected chi connectivity index (χ3v) is 4.22. The molecule has 102 valence electrons. The molecule has 0 radical (unpaired) electrons. The van der Waals surface area contributed by atoms with Gasteiger partial charge in [0.1, 0.15) is 6.04 Å². The highest BCUT2D eigenvalue weighted by Gasteiger charge is 2.17.